The van der Waals surface area contributed by atoms with Crippen LogP contribution in [0.25, 0.3) is 123 Å². The fourth-order valence-electron chi connectivity index (χ4n) is 9.33. The van der Waals surface area contributed by atoms with Gasteiger partial charge in [-0.05, 0) is 97.1 Å². The van der Waals surface area contributed by atoms with Crippen LogP contribution in [0.5, 0.6) is 5.75 Å². The third-order valence-corrected chi connectivity index (χ3v) is 12.1. The van der Waals surface area contributed by atoms with Crippen LogP contribution in [-0.4, -0.2) is 25.0 Å². The van der Waals surface area contributed by atoms with Crippen molar-refractivity contribution in [1.82, 2.24) is 19.9 Å². The third-order valence-electron chi connectivity index (χ3n) is 12.1. The van der Waals surface area contributed by atoms with Crippen molar-refractivity contribution in [3.8, 4) is 50.3 Å². The van der Waals surface area contributed by atoms with Crippen molar-refractivity contribution in [2.24, 2.45) is 0 Å². The van der Waals surface area contributed by atoms with E-state index in [1.54, 1.807) is 0 Å². The van der Waals surface area contributed by atoms with Gasteiger partial charge in [0.15, 0.2) is 0 Å². The fraction of sp³-hybridized carbons (Fsp3) is 0. The Hall–Kier alpha value is -8.28. The summed E-state index contributed by atoms with van der Waals surface area (Å²) in [6.07, 6.45) is 8.36. The predicted molar refractivity (Wildman–Crippen MR) is 255 cm³/mol. The first-order valence-electron chi connectivity index (χ1n) is 20.6. The molecule has 10 aromatic rings. The Balaban J connectivity index is 1.30. The molecule has 5 heteroatoms. The maximum absolute atomic E-state index is 12.4. The monoisotopic (exact) mass is 780 g/mol. The molecule has 8 bridgehead atoms. The van der Waals surface area contributed by atoms with Crippen LogP contribution in [0.15, 0.2) is 176 Å². The topological polar surface area (TPSA) is 77.6 Å². The minimum atomic E-state index is 0.148. The van der Waals surface area contributed by atoms with E-state index in [0.717, 1.165) is 111 Å². The van der Waals surface area contributed by atoms with E-state index in [1.807, 2.05) is 42.5 Å². The molecule has 0 radical (unpaired) electrons. The van der Waals surface area contributed by atoms with Crippen molar-refractivity contribution in [3.63, 3.8) is 0 Å². The van der Waals surface area contributed by atoms with Gasteiger partial charge in [0.05, 0.1) is 33.8 Å². The first-order valence-corrected chi connectivity index (χ1v) is 20.6. The molecule has 5 nitrogen and oxygen atoms in total. The second kappa shape index (κ2) is 13.9. The minimum Gasteiger partial charge on any atom is -0.505 e. The van der Waals surface area contributed by atoms with Crippen LogP contribution < -0.4 is 0 Å². The van der Waals surface area contributed by atoms with Gasteiger partial charge in [0.1, 0.15) is 5.75 Å². The molecule has 12 rings (SSSR count). The van der Waals surface area contributed by atoms with Crippen molar-refractivity contribution in [2.45, 2.75) is 0 Å². The van der Waals surface area contributed by atoms with Crippen molar-refractivity contribution in [2.75, 3.05) is 0 Å². The molecule has 2 aliphatic rings. The molecular formula is C56H36N4O. The lowest BCUT2D eigenvalue weighted by Crippen LogP contribution is -1.91. The molecule has 286 valence electrons. The Kier molecular flexibility index (Phi) is 7.93. The molecule has 3 N–H and O–H groups in total. The molecule has 0 fully saturated rings. The van der Waals surface area contributed by atoms with Crippen molar-refractivity contribution in [3.05, 3.63) is 199 Å². The smallest absolute Gasteiger partial charge is 0.149 e. The number of hydrogen-bond donors (Lipinski definition) is 3. The van der Waals surface area contributed by atoms with E-state index in [1.165, 1.54) is 0 Å². The summed E-state index contributed by atoms with van der Waals surface area (Å²) in [5.41, 5.74) is 13.9. The second-order valence-corrected chi connectivity index (χ2v) is 15.6. The van der Waals surface area contributed by atoms with E-state index in [9.17, 15) is 5.11 Å². The van der Waals surface area contributed by atoms with E-state index in [4.69, 9.17) is 9.97 Å². The lowest BCUT2D eigenvalue weighted by molar-refractivity contribution is 0.484. The Bertz CT molecular complexity index is 3650. The summed E-state index contributed by atoms with van der Waals surface area (Å²) in [4.78, 5) is 18.5. The third kappa shape index (κ3) is 5.70. The number of aromatic nitrogens is 4. The predicted octanol–water partition coefficient (Wildman–Crippen LogP) is 14.5. The van der Waals surface area contributed by atoms with Gasteiger partial charge in [-0.15, -0.1) is 0 Å². The summed E-state index contributed by atoms with van der Waals surface area (Å²) in [6, 6.07) is 61.2. The Morgan fingerprint density at radius 1 is 0.361 bits per heavy atom. The largest absolute Gasteiger partial charge is 0.505 e. The van der Waals surface area contributed by atoms with Crippen LogP contribution in [0.3, 0.4) is 0 Å². The fourth-order valence-corrected chi connectivity index (χ4v) is 9.33. The van der Waals surface area contributed by atoms with Crippen LogP contribution in [0.1, 0.15) is 22.8 Å². The van der Waals surface area contributed by atoms with Gasteiger partial charge in [-0.25, -0.2) is 9.97 Å². The van der Waals surface area contributed by atoms with E-state index < -0.39 is 0 Å². The number of aromatic hydroxyl groups is 1. The molecule has 0 amide bonds. The zero-order chi connectivity index (χ0) is 40.4. The highest BCUT2D eigenvalue weighted by Crippen LogP contribution is 2.45. The summed E-state index contributed by atoms with van der Waals surface area (Å²) in [6.45, 7) is 0. The number of H-pyrrole nitrogens is 2. The molecule has 3 aromatic heterocycles. The van der Waals surface area contributed by atoms with Crippen molar-refractivity contribution >= 4 is 78.7 Å². The van der Waals surface area contributed by atoms with Gasteiger partial charge in [-0.3, -0.25) is 0 Å². The van der Waals surface area contributed by atoms with Gasteiger partial charge in [0.25, 0.3) is 0 Å². The molecule has 0 aliphatic carbocycles. The molecule has 2 aliphatic heterocycles. The highest BCUT2D eigenvalue weighted by molar-refractivity contribution is 6.11. The van der Waals surface area contributed by atoms with Crippen LogP contribution in [-0.2, 0) is 0 Å². The Labute approximate surface area is 351 Å². The molecule has 0 saturated carbocycles. The van der Waals surface area contributed by atoms with E-state index in [0.29, 0.717) is 11.1 Å². The number of nitrogens with zero attached hydrogens (tertiary/aromatic N) is 2. The van der Waals surface area contributed by atoms with Crippen LogP contribution in [0, 0.1) is 0 Å². The maximum Gasteiger partial charge on any atom is 0.149 e. The summed E-state index contributed by atoms with van der Waals surface area (Å²) in [5.74, 6) is 0.148. The minimum absolute atomic E-state index is 0.148. The van der Waals surface area contributed by atoms with Gasteiger partial charge in [0.2, 0.25) is 0 Å². The van der Waals surface area contributed by atoms with E-state index >= 15 is 0 Å². The van der Waals surface area contributed by atoms with Crippen LogP contribution >= 0.6 is 0 Å². The molecule has 0 unspecified atom stereocenters. The highest BCUT2D eigenvalue weighted by atomic mass is 16.3. The number of nitrogens with one attached hydrogen (secondary N) is 2. The Morgan fingerprint density at radius 2 is 0.820 bits per heavy atom. The summed E-state index contributed by atoms with van der Waals surface area (Å²) in [7, 11) is 0. The first-order chi connectivity index (χ1) is 30.2. The number of aromatic amines is 2. The normalized spacial score (nSPS) is 12.2. The van der Waals surface area contributed by atoms with Crippen molar-refractivity contribution < 1.29 is 5.11 Å². The zero-order valence-electron chi connectivity index (χ0n) is 32.9. The molecule has 0 atom stereocenters. The molecule has 0 spiro atoms. The first kappa shape index (κ1) is 34.7. The SMILES string of the molecule is Oc1c(-c2ccccc2)c2[nH]c1cc1nc(c(-c3cccc4ccccc34)c3ccc([nH]3)c(-c3cccc4ccccc34)c3nc(c2-c2cccc4ccccc24)C=C3)C=C1. The molecule has 61 heavy (non-hydrogen) atoms. The van der Waals surface area contributed by atoms with Gasteiger partial charge < -0.3 is 15.1 Å². The quantitative estimate of drug-likeness (QED) is 0.166. The standard InChI is InChI=1S/C56H36N4O/c61-56-50-33-38-27-28-45(57-38)52(42-24-10-18-34-13-4-7-21-39(34)42)46-29-30-47(58-46)53(43-25-11-19-35-14-5-8-22-40(35)43)48-31-32-49(59-48)54(44-26-12-20-36-15-6-9-23-41(36)44)55(60-50)51(56)37-16-2-1-3-17-37/h1-33,58,60-61H. The summed E-state index contributed by atoms with van der Waals surface area (Å²) in [5, 5.41) is 19.2. The number of rotatable bonds is 4. The number of fused-ring (bicyclic) bond motifs is 11. The van der Waals surface area contributed by atoms with Gasteiger partial charge in [0, 0.05) is 33.3 Å². The maximum atomic E-state index is 12.4. The molecule has 5 heterocycles. The molecule has 7 aromatic carbocycles. The van der Waals surface area contributed by atoms with Crippen LogP contribution in [0.4, 0.5) is 0 Å². The van der Waals surface area contributed by atoms with Gasteiger partial charge in [-0.2, -0.15) is 0 Å². The van der Waals surface area contributed by atoms with Gasteiger partial charge >= 0.3 is 0 Å². The Morgan fingerprint density at radius 3 is 1.39 bits per heavy atom. The second-order valence-electron chi connectivity index (χ2n) is 15.6. The number of benzene rings is 7. The summed E-state index contributed by atoms with van der Waals surface area (Å²) >= 11 is 0. The van der Waals surface area contributed by atoms with Crippen LogP contribution in [0.2, 0.25) is 0 Å². The average Bonchev–Trinajstić information content (AvgIpc) is 4.14. The lowest BCUT2D eigenvalue weighted by atomic mass is 9.94. The number of hydrogen-bond acceptors (Lipinski definition) is 3. The molecular weight excluding hydrogens is 745 g/mol. The lowest BCUT2D eigenvalue weighted by Gasteiger charge is -2.11. The average molecular weight is 781 g/mol. The molecule has 0 saturated heterocycles. The van der Waals surface area contributed by atoms with Crippen molar-refractivity contribution in [1.29, 1.82) is 0 Å². The highest BCUT2D eigenvalue weighted by Gasteiger charge is 2.23. The van der Waals surface area contributed by atoms with Gasteiger partial charge in [-0.1, -0.05) is 158 Å². The summed E-state index contributed by atoms with van der Waals surface area (Å²) < 4.78 is 0. The zero-order valence-corrected chi connectivity index (χ0v) is 32.9. The van der Waals surface area contributed by atoms with E-state index in [-0.39, 0.29) is 5.75 Å². The van der Waals surface area contributed by atoms with E-state index in [2.05, 4.69) is 168 Å².